The highest BCUT2D eigenvalue weighted by Crippen LogP contribution is 2.32. The number of hydrogen-bond acceptors (Lipinski definition) is 3. The zero-order valence-corrected chi connectivity index (χ0v) is 12.3. The van der Waals surface area contributed by atoms with Gasteiger partial charge in [-0.2, -0.15) is 0 Å². The Hall–Kier alpha value is -1.81. The lowest BCUT2D eigenvalue weighted by Gasteiger charge is -2.23. The van der Waals surface area contributed by atoms with E-state index in [9.17, 15) is 4.79 Å². The number of carbonyl (C=O) groups is 1. The molecule has 2 heterocycles. The van der Waals surface area contributed by atoms with E-state index in [4.69, 9.17) is 0 Å². The number of hydrogen-bond donors (Lipinski definition) is 1. The fourth-order valence-electron chi connectivity index (χ4n) is 2.66. The molecule has 1 unspecified atom stereocenters. The maximum Gasteiger partial charge on any atom is 0.232 e. The Balaban J connectivity index is 1.78. The summed E-state index contributed by atoms with van der Waals surface area (Å²) in [7, 11) is 0. The number of nitrogens with one attached hydrogen (secondary N) is 1. The molecule has 0 radical (unpaired) electrons. The first-order valence-electron chi connectivity index (χ1n) is 6.93. The molecule has 104 valence electrons. The molecule has 1 amide bonds. The summed E-state index contributed by atoms with van der Waals surface area (Å²) in [5.41, 5.74) is 2.22. The van der Waals surface area contributed by atoms with Gasteiger partial charge in [-0.15, -0.1) is 11.3 Å². The lowest BCUT2D eigenvalue weighted by atomic mass is 10.00. The van der Waals surface area contributed by atoms with Gasteiger partial charge in [-0.25, -0.2) is 0 Å². The van der Waals surface area contributed by atoms with E-state index in [1.165, 1.54) is 4.88 Å². The molecule has 1 N–H and O–H groups in total. The Morgan fingerprint density at radius 3 is 2.95 bits per heavy atom. The first-order valence-corrected chi connectivity index (χ1v) is 7.81. The molecule has 3 nitrogen and oxygen atoms in total. The van der Waals surface area contributed by atoms with E-state index < -0.39 is 0 Å². The molecule has 2 aromatic rings. The van der Waals surface area contributed by atoms with Crippen molar-refractivity contribution < 1.29 is 4.79 Å². The van der Waals surface area contributed by atoms with Gasteiger partial charge in [0.05, 0.1) is 12.5 Å². The van der Waals surface area contributed by atoms with Gasteiger partial charge >= 0.3 is 0 Å². The third-order valence-corrected chi connectivity index (χ3v) is 4.61. The zero-order valence-electron chi connectivity index (χ0n) is 11.5. The topological polar surface area (TPSA) is 32.3 Å². The van der Waals surface area contributed by atoms with E-state index in [1.807, 2.05) is 36.1 Å². The van der Waals surface area contributed by atoms with Crippen LogP contribution in [0.1, 0.15) is 23.3 Å². The van der Waals surface area contributed by atoms with Crippen LogP contribution in [0.15, 0.2) is 41.8 Å². The number of likely N-dealkylation sites (N-methyl/N-ethyl adjacent to an activating group) is 1. The normalized spacial score (nSPS) is 16.6. The predicted octanol–water partition coefficient (Wildman–Crippen LogP) is 3.31. The first kappa shape index (κ1) is 13.2. The third-order valence-electron chi connectivity index (χ3n) is 3.75. The average Bonchev–Trinajstić information content (AvgIpc) is 3.13. The van der Waals surface area contributed by atoms with Gasteiger partial charge in [0.25, 0.3) is 0 Å². The number of nitrogens with zero attached hydrogens (tertiary/aromatic N) is 1. The molecule has 0 bridgehead atoms. The van der Waals surface area contributed by atoms with Gasteiger partial charge in [0.2, 0.25) is 5.91 Å². The minimum absolute atomic E-state index is 0.0499. The van der Waals surface area contributed by atoms with Crippen LogP contribution >= 0.6 is 11.3 Å². The van der Waals surface area contributed by atoms with Gasteiger partial charge in [-0.05, 0) is 30.0 Å². The van der Waals surface area contributed by atoms with Crippen LogP contribution in [0.4, 0.5) is 5.69 Å². The van der Waals surface area contributed by atoms with Crippen molar-refractivity contribution in [3.8, 4) is 0 Å². The van der Waals surface area contributed by atoms with E-state index in [0.29, 0.717) is 13.1 Å². The van der Waals surface area contributed by atoms with Crippen LogP contribution in [0.2, 0.25) is 0 Å². The van der Waals surface area contributed by atoms with Crippen molar-refractivity contribution in [1.82, 2.24) is 4.90 Å². The van der Waals surface area contributed by atoms with E-state index in [2.05, 4.69) is 22.8 Å². The Labute approximate surface area is 123 Å². The Kier molecular flexibility index (Phi) is 3.74. The molecule has 0 spiro atoms. The van der Waals surface area contributed by atoms with E-state index in [0.717, 1.165) is 17.8 Å². The van der Waals surface area contributed by atoms with Crippen LogP contribution in [-0.4, -0.2) is 23.9 Å². The average molecular weight is 286 g/mol. The fraction of sp³-hybridized carbons (Fsp3) is 0.312. The number of rotatable bonds is 4. The Morgan fingerprint density at radius 2 is 2.20 bits per heavy atom. The summed E-state index contributed by atoms with van der Waals surface area (Å²) in [6.07, 6.45) is 0. The van der Waals surface area contributed by atoms with E-state index in [-0.39, 0.29) is 11.8 Å². The molecular formula is C16H18N2OS. The molecule has 1 aromatic heterocycles. The number of para-hydroxylation sites is 1. The molecule has 3 rings (SSSR count). The highest BCUT2D eigenvalue weighted by Gasteiger charge is 2.31. The smallest absolute Gasteiger partial charge is 0.232 e. The molecule has 0 saturated heterocycles. The standard InChI is InChI=1S/C16H18N2OS/c1-2-18(11-12-6-5-9-20-12)16(19)14-10-17-15-8-4-3-7-13(14)15/h3-9,14,17H,2,10-11H2,1H3. The summed E-state index contributed by atoms with van der Waals surface area (Å²) in [5, 5.41) is 5.38. The van der Waals surface area contributed by atoms with Gasteiger partial charge in [0.1, 0.15) is 0 Å². The van der Waals surface area contributed by atoms with E-state index in [1.54, 1.807) is 11.3 Å². The second kappa shape index (κ2) is 5.67. The van der Waals surface area contributed by atoms with Crippen LogP contribution in [-0.2, 0) is 11.3 Å². The summed E-state index contributed by atoms with van der Waals surface area (Å²) in [4.78, 5) is 15.9. The van der Waals surface area contributed by atoms with E-state index >= 15 is 0 Å². The SMILES string of the molecule is CCN(Cc1cccs1)C(=O)C1CNc2ccccc21. The summed E-state index contributed by atoms with van der Waals surface area (Å²) < 4.78 is 0. The van der Waals surface area contributed by atoms with Crippen molar-refractivity contribution in [2.24, 2.45) is 0 Å². The van der Waals surface area contributed by atoms with Crippen LogP contribution in [0.3, 0.4) is 0 Å². The van der Waals surface area contributed by atoms with Crippen LogP contribution < -0.4 is 5.32 Å². The highest BCUT2D eigenvalue weighted by molar-refractivity contribution is 7.09. The lowest BCUT2D eigenvalue weighted by molar-refractivity contribution is -0.132. The number of carbonyl (C=O) groups excluding carboxylic acids is 1. The highest BCUT2D eigenvalue weighted by atomic mass is 32.1. The summed E-state index contributed by atoms with van der Waals surface area (Å²) >= 11 is 1.70. The van der Waals surface area contributed by atoms with Crippen molar-refractivity contribution in [1.29, 1.82) is 0 Å². The van der Waals surface area contributed by atoms with Crippen LogP contribution in [0, 0.1) is 0 Å². The summed E-state index contributed by atoms with van der Waals surface area (Å²) in [6, 6.07) is 12.2. The van der Waals surface area contributed by atoms with Crippen LogP contribution in [0.25, 0.3) is 0 Å². The molecule has 20 heavy (non-hydrogen) atoms. The van der Waals surface area contributed by atoms with Crippen LogP contribution in [0.5, 0.6) is 0 Å². The van der Waals surface area contributed by atoms with Gasteiger partial charge in [-0.1, -0.05) is 24.3 Å². The fourth-order valence-corrected chi connectivity index (χ4v) is 3.38. The molecule has 0 saturated carbocycles. The van der Waals surface area contributed by atoms with Gasteiger partial charge in [0, 0.05) is 23.7 Å². The van der Waals surface area contributed by atoms with Gasteiger partial charge in [-0.3, -0.25) is 4.79 Å². The number of anilines is 1. The van der Waals surface area contributed by atoms with Crippen molar-refractivity contribution >= 4 is 22.9 Å². The predicted molar refractivity (Wildman–Crippen MR) is 83.1 cm³/mol. The summed E-state index contributed by atoms with van der Waals surface area (Å²) in [5.74, 6) is 0.171. The molecular weight excluding hydrogens is 268 g/mol. The van der Waals surface area contributed by atoms with Crippen molar-refractivity contribution in [3.05, 3.63) is 52.2 Å². The molecule has 1 aromatic carbocycles. The van der Waals surface area contributed by atoms with Crippen molar-refractivity contribution in [2.45, 2.75) is 19.4 Å². The van der Waals surface area contributed by atoms with Crippen molar-refractivity contribution in [2.75, 3.05) is 18.4 Å². The number of fused-ring (bicyclic) bond motifs is 1. The second-order valence-corrected chi connectivity index (χ2v) is 5.98. The molecule has 4 heteroatoms. The first-order chi connectivity index (χ1) is 9.79. The summed E-state index contributed by atoms with van der Waals surface area (Å²) in [6.45, 7) is 4.21. The maximum absolute atomic E-state index is 12.8. The Morgan fingerprint density at radius 1 is 1.35 bits per heavy atom. The monoisotopic (exact) mass is 286 g/mol. The second-order valence-electron chi connectivity index (χ2n) is 4.95. The maximum atomic E-state index is 12.8. The van der Waals surface area contributed by atoms with Gasteiger partial charge in [0.15, 0.2) is 0 Å². The molecule has 1 aliphatic heterocycles. The third kappa shape index (κ3) is 2.43. The molecule has 1 aliphatic rings. The lowest BCUT2D eigenvalue weighted by Crippen LogP contribution is -2.35. The molecule has 0 aliphatic carbocycles. The minimum Gasteiger partial charge on any atom is -0.384 e. The molecule has 1 atom stereocenters. The van der Waals surface area contributed by atoms with Crippen molar-refractivity contribution in [3.63, 3.8) is 0 Å². The number of thiophene rings is 1. The molecule has 0 fully saturated rings. The van der Waals surface area contributed by atoms with Gasteiger partial charge < -0.3 is 10.2 Å². The minimum atomic E-state index is -0.0499. The Bertz CT molecular complexity index is 594. The quantitative estimate of drug-likeness (QED) is 0.935. The number of benzene rings is 1. The number of amides is 1. The zero-order chi connectivity index (χ0) is 13.9. The largest absolute Gasteiger partial charge is 0.384 e.